The summed E-state index contributed by atoms with van der Waals surface area (Å²) in [5.41, 5.74) is 11.8. The Hall–Kier alpha value is -2.22. The predicted octanol–water partition coefficient (Wildman–Crippen LogP) is 15.1. The van der Waals surface area contributed by atoms with E-state index in [9.17, 15) is 0 Å². The molecule has 4 aliphatic rings. The van der Waals surface area contributed by atoms with Gasteiger partial charge in [-0.15, -0.1) is 93.9 Å². The van der Waals surface area contributed by atoms with Crippen molar-refractivity contribution in [1.29, 1.82) is 0 Å². The quantitative estimate of drug-likeness (QED) is 0.116. The van der Waals surface area contributed by atoms with Crippen molar-refractivity contribution in [2.45, 2.75) is 96.8 Å². The van der Waals surface area contributed by atoms with E-state index in [-0.39, 0.29) is 39.7 Å². The van der Waals surface area contributed by atoms with Gasteiger partial charge in [0.1, 0.15) is 0 Å². The number of aryl methyl sites for hydroxylation is 1. The first-order chi connectivity index (χ1) is 24.3. The van der Waals surface area contributed by atoms with Crippen molar-refractivity contribution in [3.05, 3.63) is 146 Å². The van der Waals surface area contributed by atoms with E-state index in [0.29, 0.717) is 17.3 Å². The third-order valence-electron chi connectivity index (χ3n) is 12.4. The van der Waals surface area contributed by atoms with Gasteiger partial charge in [-0.2, -0.15) is 12.1 Å². The molecule has 0 aromatic heterocycles. The fourth-order valence-corrected chi connectivity index (χ4v) is 10.1. The minimum absolute atomic E-state index is 0. The topological polar surface area (TPSA) is 0 Å². The first kappa shape index (κ1) is 46.2. The molecule has 286 valence electrons. The van der Waals surface area contributed by atoms with Gasteiger partial charge in [0, 0.05) is 0 Å². The molecular formula is C50H60Cl2SiZr-4. The minimum atomic E-state index is 0. The predicted molar refractivity (Wildman–Crippen MR) is 240 cm³/mol. The Balaban J connectivity index is 0.000000266. The molecule has 4 bridgehead atoms. The molecule has 2 radical (unpaired) electrons. The van der Waals surface area contributed by atoms with Gasteiger partial charge in [0.15, 0.2) is 0 Å². The zero-order chi connectivity index (χ0) is 35.0. The molecule has 4 heteroatoms. The molecular weight excluding hydrogens is 791 g/mol. The van der Waals surface area contributed by atoms with Crippen LogP contribution in [0.5, 0.6) is 0 Å². The van der Waals surface area contributed by atoms with Crippen LogP contribution in [0.1, 0.15) is 107 Å². The van der Waals surface area contributed by atoms with Gasteiger partial charge in [-0.3, -0.25) is 0 Å². The maximum absolute atomic E-state index is 3.06. The van der Waals surface area contributed by atoms with Gasteiger partial charge in [0.05, 0.1) is 0 Å². The van der Waals surface area contributed by atoms with Gasteiger partial charge in [0.2, 0.25) is 0 Å². The molecule has 4 aliphatic carbocycles. The normalized spacial score (nSPS) is 20.4. The van der Waals surface area contributed by atoms with E-state index >= 15 is 0 Å². The molecule has 0 heterocycles. The molecule has 10 rings (SSSR count). The summed E-state index contributed by atoms with van der Waals surface area (Å²) in [4.78, 5) is 0. The average Bonchev–Trinajstić information content (AvgIpc) is 3.77. The maximum atomic E-state index is 3.06. The first-order valence-electron chi connectivity index (χ1n) is 19.1. The van der Waals surface area contributed by atoms with Crippen LogP contribution in [-0.2, 0) is 35.2 Å². The summed E-state index contributed by atoms with van der Waals surface area (Å²) in [7, 11) is 0. The molecule has 0 aliphatic heterocycles. The summed E-state index contributed by atoms with van der Waals surface area (Å²) >= 11 is 1.36. The van der Waals surface area contributed by atoms with Crippen LogP contribution < -0.4 is 0 Å². The van der Waals surface area contributed by atoms with Crippen molar-refractivity contribution in [1.82, 2.24) is 0 Å². The van der Waals surface area contributed by atoms with Gasteiger partial charge >= 0.3 is 30.2 Å². The molecule has 0 unspecified atom stereocenters. The molecule has 54 heavy (non-hydrogen) atoms. The van der Waals surface area contributed by atoms with Gasteiger partial charge in [0.25, 0.3) is 0 Å². The van der Waals surface area contributed by atoms with Crippen LogP contribution in [0.3, 0.4) is 0 Å². The molecule has 6 aromatic carbocycles. The van der Waals surface area contributed by atoms with Gasteiger partial charge < -0.3 is 14.9 Å². The molecule has 6 aromatic rings. The Bertz CT molecular complexity index is 2030. The Kier molecular flexibility index (Phi) is 16.9. The van der Waals surface area contributed by atoms with Gasteiger partial charge in [-0.05, 0) is 102 Å². The average molecular weight is 851 g/mol. The first-order valence-corrected chi connectivity index (χ1v) is 23.3. The zero-order valence-corrected chi connectivity index (χ0v) is 38.6. The van der Waals surface area contributed by atoms with Crippen molar-refractivity contribution in [3.8, 4) is 22.3 Å². The number of benzene rings is 4. The summed E-state index contributed by atoms with van der Waals surface area (Å²) in [6.07, 6.45) is 10.0. The summed E-state index contributed by atoms with van der Waals surface area (Å²) < 4.78 is 0. The molecule has 0 spiro atoms. The second kappa shape index (κ2) is 19.8. The zero-order valence-electron chi connectivity index (χ0n) is 33.5. The Labute approximate surface area is 357 Å². The molecule has 0 atom stereocenters. The fourth-order valence-electron chi connectivity index (χ4n) is 10.1. The van der Waals surface area contributed by atoms with E-state index in [2.05, 4.69) is 151 Å². The van der Waals surface area contributed by atoms with Crippen LogP contribution in [0.15, 0.2) is 109 Å². The van der Waals surface area contributed by atoms with Crippen molar-refractivity contribution in [2.75, 3.05) is 0 Å². The Morgan fingerprint density at radius 1 is 0.630 bits per heavy atom. The van der Waals surface area contributed by atoms with Crippen molar-refractivity contribution >= 4 is 53.2 Å². The molecule has 0 saturated heterocycles. The summed E-state index contributed by atoms with van der Waals surface area (Å²) in [6, 6.07) is 41.6. The monoisotopic (exact) mass is 848 g/mol. The standard InChI is InChI=1S/C27H29.C21H23.2CH3.2ClH.Si.Zr/c1-2-18-13-23-4-3-5-25(26(23)14-18)22-6-8-24(9-7-22)27-15-19-10-20(16-27)12-21(11-19)17-27;1-14(2)16-8-10-17(11-9-16)20-7-5-6-18-12-19(15(3)4)13-21(18)20;;;;;;/h3-9,13-14,19-21H,2,10-12,15-17H2,1H3;5-15H,1-4H3;2*1H3;2*1H;;/q4*-1;;;;. The Morgan fingerprint density at radius 2 is 1.09 bits per heavy atom. The van der Waals surface area contributed by atoms with Gasteiger partial charge in [-0.1, -0.05) is 106 Å². The van der Waals surface area contributed by atoms with Crippen LogP contribution >= 0.6 is 24.8 Å². The van der Waals surface area contributed by atoms with Gasteiger partial charge in [-0.25, -0.2) is 0 Å². The van der Waals surface area contributed by atoms with E-state index in [1.807, 2.05) is 0 Å². The van der Waals surface area contributed by atoms with Crippen LogP contribution in [0, 0.1) is 32.6 Å². The third kappa shape index (κ3) is 9.31. The fraction of sp³-hybridized carbons (Fsp3) is 0.360. The number of halogens is 2. The molecule has 0 N–H and O–H groups in total. The SMILES string of the molecule is CC(C)c1ccc(-c2cccc3[cH-]c(C(C)C)cc23)cc1.CCc1cc2c(-c3ccc(C45CC6CC(CC(C6)C4)C5)cc3)cccc2[cH-]1.Cl.Cl.[CH3-].[CH3-].[Si]=[Zr]. The van der Waals surface area contributed by atoms with Crippen LogP contribution in [0.25, 0.3) is 43.8 Å². The van der Waals surface area contributed by atoms with E-state index in [0.717, 1.165) is 24.2 Å². The second-order valence-electron chi connectivity index (χ2n) is 16.3. The molecule has 0 nitrogen and oxygen atoms in total. The van der Waals surface area contributed by atoms with E-state index in [1.54, 1.807) is 5.56 Å². The van der Waals surface area contributed by atoms with E-state index < -0.39 is 0 Å². The van der Waals surface area contributed by atoms with Crippen LogP contribution in [0.2, 0.25) is 0 Å². The van der Waals surface area contributed by atoms with Crippen molar-refractivity contribution in [2.24, 2.45) is 17.8 Å². The second-order valence-corrected chi connectivity index (χ2v) is 16.3. The molecule has 4 fully saturated rings. The van der Waals surface area contributed by atoms with Crippen molar-refractivity contribution in [3.63, 3.8) is 0 Å². The Morgan fingerprint density at radius 3 is 1.56 bits per heavy atom. The number of hydrogen-bond donors (Lipinski definition) is 0. The summed E-state index contributed by atoms with van der Waals surface area (Å²) in [5, 5.41) is 5.52. The third-order valence-corrected chi connectivity index (χ3v) is 12.4. The number of hydrogen-bond acceptors (Lipinski definition) is 0. The summed E-state index contributed by atoms with van der Waals surface area (Å²) in [5.74, 6) is 4.21. The van der Waals surface area contributed by atoms with E-state index in [4.69, 9.17) is 0 Å². The molecule has 4 saturated carbocycles. The summed E-state index contributed by atoms with van der Waals surface area (Å²) in [6.45, 7) is 14.3. The number of rotatable bonds is 6. The van der Waals surface area contributed by atoms with Crippen molar-refractivity contribution < 1.29 is 23.3 Å². The number of fused-ring (bicyclic) bond motifs is 2. The molecule has 0 amide bonds. The van der Waals surface area contributed by atoms with Crippen LogP contribution in [0.4, 0.5) is 0 Å². The van der Waals surface area contributed by atoms with Crippen LogP contribution in [-0.4, -0.2) is 6.88 Å². The van der Waals surface area contributed by atoms with E-state index in [1.165, 1.54) is 122 Å².